The zero-order valence-corrected chi connectivity index (χ0v) is 8.91. The molecule has 1 heterocycles. The molecule has 1 aromatic rings. The van der Waals surface area contributed by atoms with E-state index in [0.29, 0.717) is 0 Å². The first-order valence-corrected chi connectivity index (χ1v) is 5.81. The maximum absolute atomic E-state index is 6.08. The van der Waals surface area contributed by atoms with Gasteiger partial charge in [0.2, 0.25) is 0 Å². The Bertz CT molecular complexity index is 294. The van der Waals surface area contributed by atoms with Gasteiger partial charge < -0.3 is 5.73 Å². The van der Waals surface area contributed by atoms with E-state index in [0.717, 1.165) is 17.2 Å². The highest BCUT2D eigenvalue weighted by molar-refractivity contribution is 7.05. The Morgan fingerprint density at radius 1 is 1.57 bits per heavy atom. The second-order valence-electron chi connectivity index (χ2n) is 3.81. The summed E-state index contributed by atoms with van der Waals surface area (Å²) in [5, 5.41) is 3.81. The molecule has 1 aromatic heterocycles. The van der Waals surface area contributed by atoms with E-state index in [9.17, 15) is 0 Å². The number of nitrogens with two attached hydrogens (primary N) is 1. The highest BCUT2D eigenvalue weighted by Crippen LogP contribution is 2.28. The molecule has 2 rings (SSSR count). The van der Waals surface area contributed by atoms with Crippen molar-refractivity contribution in [3.05, 3.63) is 23.2 Å². The van der Waals surface area contributed by atoms with Gasteiger partial charge in [-0.2, -0.15) is 0 Å². The van der Waals surface area contributed by atoms with Crippen LogP contribution >= 0.6 is 11.5 Å². The Labute approximate surface area is 88.2 Å². The fourth-order valence-corrected chi connectivity index (χ4v) is 2.40. The summed E-state index contributed by atoms with van der Waals surface area (Å²) in [7, 11) is 0. The van der Waals surface area contributed by atoms with Crippen molar-refractivity contribution in [3.63, 3.8) is 0 Å². The molecular formula is C10H15N3S. The molecule has 76 valence electrons. The van der Waals surface area contributed by atoms with Gasteiger partial charge in [-0.1, -0.05) is 16.6 Å². The smallest absolute Gasteiger partial charge is 0.0669 e. The van der Waals surface area contributed by atoms with Crippen LogP contribution in [0.25, 0.3) is 0 Å². The summed E-state index contributed by atoms with van der Waals surface area (Å²) in [5.74, 6) is 0.747. The normalized spacial score (nSPS) is 23.6. The first-order valence-electron chi connectivity index (χ1n) is 5.04. The topological polar surface area (TPSA) is 51.8 Å². The summed E-state index contributed by atoms with van der Waals surface area (Å²) in [4.78, 5) is 1.11. The van der Waals surface area contributed by atoms with Crippen LogP contribution in [-0.2, 0) is 0 Å². The van der Waals surface area contributed by atoms with Gasteiger partial charge in [-0.15, -0.1) is 5.10 Å². The number of aromatic nitrogens is 2. The minimum Gasteiger partial charge on any atom is -0.323 e. The van der Waals surface area contributed by atoms with Crippen molar-refractivity contribution in [1.29, 1.82) is 0 Å². The predicted octanol–water partition coefficient (Wildman–Crippen LogP) is 2.28. The minimum atomic E-state index is 0.131. The van der Waals surface area contributed by atoms with Crippen LogP contribution in [0.1, 0.15) is 36.6 Å². The number of hydrogen-bond donors (Lipinski definition) is 1. The third-order valence-corrected chi connectivity index (χ3v) is 3.50. The van der Waals surface area contributed by atoms with E-state index in [1.54, 1.807) is 6.20 Å². The van der Waals surface area contributed by atoms with E-state index in [1.165, 1.54) is 30.8 Å². The highest BCUT2D eigenvalue weighted by atomic mass is 32.1. The minimum absolute atomic E-state index is 0.131. The van der Waals surface area contributed by atoms with Crippen LogP contribution in [0.5, 0.6) is 0 Å². The molecule has 0 radical (unpaired) electrons. The number of nitrogens with zero attached hydrogens (tertiary/aromatic N) is 2. The van der Waals surface area contributed by atoms with Crippen LogP contribution in [0.2, 0.25) is 0 Å². The van der Waals surface area contributed by atoms with Crippen molar-refractivity contribution >= 4 is 11.5 Å². The van der Waals surface area contributed by atoms with Crippen molar-refractivity contribution in [3.8, 4) is 0 Å². The molecule has 0 saturated heterocycles. The van der Waals surface area contributed by atoms with E-state index in [-0.39, 0.29) is 6.04 Å². The largest absolute Gasteiger partial charge is 0.323 e. The van der Waals surface area contributed by atoms with Gasteiger partial charge in [-0.05, 0) is 43.1 Å². The SMILES string of the molecule is NC(CC1CC=CCC1)c1cnns1. The van der Waals surface area contributed by atoms with Crippen LogP contribution in [-0.4, -0.2) is 9.59 Å². The third kappa shape index (κ3) is 2.39. The van der Waals surface area contributed by atoms with Gasteiger partial charge in [0.15, 0.2) is 0 Å². The summed E-state index contributed by atoms with van der Waals surface area (Å²) >= 11 is 1.42. The molecular weight excluding hydrogens is 194 g/mol. The summed E-state index contributed by atoms with van der Waals surface area (Å²) in [5.41, 5.74) is 6.08. The summed E-state index contributed by atoms with van der Waals surface area (Å²) in [6, 6.07) is 0.131. The molecule has 1 aliphatic rings. The zero-order chi connectivity index (χ0) is 9.80. The molecule has 3 nitrogen and oxygen atoms in total. The second-order valence-corrected chi connectivity index (χ2v) is 4.63. The molecule has 0 spiro atoms. The number of hydrogen-bond acceptors (Lipinski definition) is 4. The number of allylic oxidation sites excluding steroid dienone is 2. The predicted molar refractivity (Wildman–Crippen MR) is 57.9 cm³/mol. The lowest BCUT2D eigenvalue weighted by molar-refractivity contribution is 0.409. The average molecular weight is 209 g/mol. The van der Waals surface area contributed by atoms with Gasteiger partial charge in [0.1, 0.15) is 0 Å². The Morgan fingerprint density at radius 2 is 2.50 bits per heavy atom. The molecule has 0 fully saturated rings. The van der Waals surface area contributed by atoms with Crippen molar-refractivity contribution in [2.75, 3.05) is 0 Å². The molecule has 2 N–H and O–H groups in total. The summed E-state index contributed by atoms with van der Waals surface area (Å²) < 4.78 is 3.83. The maximum Gasteiger partial charge on any atom is 0.0669 e. The molecule has 0 bridgehead atoms. The lowest BCUT2D eigenvalue weighted by Gasteiger charge is -2.20. The van der Waals surface area contributed by atoms with E-state index in [2.05, 4.69) is 21.7 Å². The van der Waals surface area contributed by atoms with Crippen LogP contribution in [0.4, 0.5) is 0 Å². The molecule has 0 amide bonds. The first-order chi connectivity index (χ1) is 6.86. The van der Waals surface area contributed by atoms with E-state index in [1.807, 2.05) is 0 Å². The van der Waals surface area contributed by atoms with Gasteiger partial charge >= 0.3 is 0 Å². The van der Waals surface area contributed by atoms with E-state index < -0.39 is 0 Å². The molecule has 2 atom stereocenters. The maximum atomic E-state index is 6.08. The first kappa shape index (κ1) is 9.80. The van der Waals surface area contributed by atoms with Crippen molar-refractivity contribution in [2.45, 2.75) is 31.7 Å². The van der Waals surface area contributed by atoms with Crippen LogP contribution in [0.3, 0.4) is 0 Å². The van der Waals surface area contributed by atoms with Crippen LogP contribution < -0.4 is 5.73 Å². The third-order valence-electron chi connectivity index (χ3n) is 2.71. The Morgan fingerprint density at radius 3 is 3.14 bits per heavy atom. The van der Waals surface area contributed by atoms with Gasteiger partial charge in [0, 0.05) is 6.04 Å². The molecule has 1 aliphatic carbocycles. The Hall–Kier alpha value is -0.740. The Kier molecular flexibility index (Phi) is 3.26. The molecule has 0 saturated carbocycles. The lowest BCUT2D eigenvalue weighted by Crippen LogP contribution is -2.15. The molecule has 0 aromatic carbocycles. The molecule has 0 aliphatic heterocycles. The van der Waals surface area contributed by atoms with Gasteiger partial charge in [-0.3, -0.25) is 0 Å². The Balaban J connectivity index is 1.88. The fraction of sp³-hybridized carbons (Fsp3) is 0.600. The zero-order valence-electron chi connectivity index (χ0n) is 8.10. The van der Waals surface area contributed by atoms with Crippen molar-refractivity contribution in [1.82, 2.24) is 9.59 Å². The van der Waals surface area contributed by atoms with E-state index >= 15 is 0 Å². The lowest BCUT2D eigenvalue weighted by atomic mass is 9.88. The molecule has 14 heavy (non-hydrogen) atoms. The van der Waals surface area contributed by atoms with Gasteiger partial charge in [-0.25, -0.2) is 0 Å². The number of rotatable bonds is 3. The quantitative estimate of drug-likeness (QED) is 0.777. The second kappa shape index (κ2) is 4.66. The monoisotopic (exact) mass is 209 g/mol. The van der Waals surface area contributed by atoms with Crippen molar-refractivity contribution < 1.29 is 0 Å². The highest BCUT2D eigenvalue weighted by Gasteiger charge is 2.16. The molecule has 2 unspecified atom stereocenters. The van der Waals surface area contributed by atoms with Gasteiger partial charge in [0.25, 0.3) is 0 Å². The fourth-order valence-electron chi connectivity index (χ4n) is 1.88. The van der Waals surface area contributed by atoms with Crippen LogP contribution in [0, 0.1) is 5.92 Å². The van der Waals surface area contributed by atoms with E-state index in [4.69, 9.17) is 5.73 Å². The summed E-state index contributed by atoms with van der Waals surface area (Å²) in [6.45, 7) is 0. The average Bonchev–Trinajstić information content (AvgIpc) is 2.72. The van der Waals surface area contributed by atoms with Crippen molar-refractivity contribution in [2.24, 2.45) is 11.7 Å². The molecule has 4 heteroatoms. The standard InChI is InChI=1S/C10H15N3S/c11-9(10-7-12-13-14-10)6-8-4-2-1-3-5-8/h1-2,7-9H,3-6,11H2. The summed E-state index contributed by atoms with van der Waals surface area (Å²) in [6.07, 6.45) is 11.0. The van der Waals surface area contributed by atoms with Gasteiger partial charge in [0.05, 0.1) is 11.1 Å². The van der Waals surface area contributed by atoms with Crippen LogP contribution in [0.15, 0.2) is 18.3 Å².